The minimum Gasteiger partial charge on any atom is -0.456 e. The molecule has 0 saturated heterocycles. The highest BCUT2D eigenvalue weighted by Crippen LogP contribution is 2.22. The maximum atomic E-state index is 12.0. The summed E-state index contributed by atoms with van der Waals surface area (Å²) in [4.78, 5) is 23.7. The highest BCUT2D eigenvalue weighted by atomic mass is 16.6. The van der Waals surface area contributed by atoms with Crippen molar-refractivity contribution in [1.82, 2.24) is 0 Å². The molecule has 0 spiro atoms. The van der Waals surface area contributed by atoms with Crippen LogP contribution < -0.4 is 0 Å². The molecule has 0 aromatic heterocycles. The molecule has 0 bridgehead atoms. The molecule has 2 rings (SSSR count). The summed E-state index contributed by atoms with van der Waals surface area (Å²) in [6.45, 7) is 3.52. The molecular weight excluding hydrogens is 256 g/mol. The third-order valence-corrected chi connectivity index (χ3v) is 2.67. The number of benzene rings is 1. The fourth-order valence-corrected chi connectivity index (χ4v) is 1.75. The summed E-state index contributed by atoms with van der Waals surface area (Å²) in [5, 5.41) is 0. The van der Waals surface area contributed by atoms with Crippen LogP contribution in [0.5, 0.6) is 0 Å². The van der Waals surface area contributed by atoms with E-state index in [1.807, 2.05) is 30.3 Å². The molecule has 1 aliphatic heterocycles. The van der Waals surface area contributed by atoms with Gasteiger partial charge in [-0.25, -0.2) is 9.59 Å². The quantitative estimate of drug-likeness (QED) is 0.623. The standard InChI is InChI=1S/C16H14O4/c1-2-11-19-16(18)14-10-6-9-13(15(17)20-14)12-7-4-3-5-8-12/h2-5,7-10H,1,6,11H2. The second-order valence-corrected chi connectivity index (χ2v) is 4.06. The van der Waals surface area contributed by atoms with Crippen molar-refractivity contribution in [3.63, 3.8) is 0 Å². The molecule has 1 aliphatic rings. The SMILES string of the molecule is C=CCOC(=O)C1=CCC=C(c2ccccc2)C(=O)O1. The fourth-order valence-electron chi connectivity index (χ4n) is 1.75. The average molecular weight is 270 g/mol. The fraction of sp³-hybridized carbons (Fsp3) is 0.125. The zero-order valence-corrected chi connectivity index (χ0v) is 10.9. The van der Waals surface area contributed by atoms with Crippen LogP contribution in [-0.2, 0) is 19.1 Å². The van der Waals surface area contributed by atoms with Crippen molar-refractivity contribution in [2.24, 2.45) is 0 Å². The van der Waals surface area contributed by atoms with Crippen LogP contribution in [0.15, 0.2) is 60.9 Å². The molecule has 0 fully saturated rings. The Hall–Kier alpha value is -2.62. The smallest absolute Gasteiger partial charge is 0.374 e. The van der Waals surface area contributed by atoms with Crippen molar-refractivity contribution in [2.45, 2.75) is 6.42 Å². The van der Waals surface area contributed by atoms with Gasteiger partial charge in [-0.05, 0) is 18.1 Å². The number of allylic oxidation sites excluding steroid dienone is 2. The van der Waals surface area contributed by atoms with E-state index in [9.17, 15) is 9.59 Å². The lowest BCUT2D eigenvalue weighted by Crippen LogP contribution is -2.14. The average Bonchev–Trinajstić information content (AvgIpc) is 2.67. The molecule has 4 heteroatoms. The largest absolute Gasteiger partial charge is 0.456 e. The Labute approximate surface area is 117 Å². The molecule has 0 amide bonds. The first-order valence-electron chi connectivity index (χ1n) is 6.18. The molecule has 1 heterocycles. The second kappa shape index (κ2) is 6.52. The predicted octanol–water partition coefficient (Wildman–Crippen LogP) is 2.63. The topological polar surface area (TPSA) is 52.6 Å². The van der Waals surface area contributed by atoms with Gasteiger partial charge >= 0.3 is 11.9 Å². The minimum absolute atomic E-state index is 0.0761. The van der Waals surface area contributed by atoms with Crippen LogP contribution >= 0.6 is 0 Å². The van der Waals surface area contributed by atoms with Crippen LogP contribution in [0.4, 0.5) is 0 Å². The molecule has 102 valence electrons. The Balaban J connectivity index is 2.12. The van der Waals surface area contributed by atoms with E-state index in [1.54, 1.807) is 6.08 Å². The van der Waals surface area contributed by atoms with E-state index in [-0.39, 0.29) is 12.4 Å². The lowest BCUT2D eigenvalue weighted by atomic mass is 10.1. The van der Waals surface area contributed by atoms with Gasteiger partial charge in [-0.15, -0.1) is 0 Å². The van der Waals surface area contributed by atoms with E-state index in [1.165, 1.54) is 12.2 Å². The van der Waals surface area contributed by atoms with Gasteiger partial charge in [-0.3, -0.25) is 0 Å². The number of hydrogen-bond donors (Lipinski definition) is 0. The summed E-state index contributed by atoms with van der Waals surface area (Å²) in [7, 11) is 0. The summed E-state index contributed by atoms with van der Waals surface area (Å²) < 4.78 is 9.93. The van der Waals surface area contributed by atoms with Crippen molar-refractivity contribution in [3.05, 3.63) is 66.5 Å². The first-order chi connectivity index (χ1) is 9.72. The molecule has 4 nitrogen and oxygen atoms in total. The molecule has 0 N–H and O–H groups in total. The van der Waals surface area contributed by atoms with Crippen LogP contribution in [0.1, 0.15) is 12.0 Å². The third-order valence-electron chi connectivity index (χ3n) is 2.67. The first-order valence-corrected chi connectivity index (χ1v) is 6.18. The number of rotatable bonds is 4. The summed E-state index contributed by atoms with van der Waals surface area (Å²) in [5.41, 5.74) is 1.19. The van der Waals surface area contributed by atoms with Gasteiger partial charge in [0.05, 0.1) is 5.57 Å². The summed E-state index contributed by atoms with van der Waals surface area (Å²) in [6.07, 6.45) is 5.13. The Bertz CT molecular complexity index is 582. The lowest BCUT2D eigenvalue weighted by molar-refractivity contribution is -0.147. The Kier molecular flexibility index (Phi) is 4.50. The van der Waals surface area contributed by atoms with Crippen molar-refractivity contribution >= 4 is 17.5 Å². The molecule has 0 atom stereocenters. The van der Waals surface area contributed by atoms with Crippen LogP contribution in [0.25, 0.3) is 5.57 Å². The van der Waals surface area contributed by atoms with E-state index < -0.39 is 11.9 Å². The van der Waals surface area contributed by atoms with Gasteiger partial charge in [0.1, 0.15) is 6.61 Å². The normalized spacial score (nSPS) is 14.5. The zero-order valence-electron chi connectivity index (χ0n) is 10.9. The first kappa shape index (κ1) is 13.8. The number of ether oxygens (including phenoxy) is 2. The molecule has 1 aromatic rings. The van der Waals surface area contributed by atoms with E-state index in [2.05, 4.69) is 6.58 Å². The Morgan fingerprint density at radius 1 is 1.30 bits per heavy atom. The highest BCUT2D eigenvalue weighted by molar-refractivity contribution is 6.18. The highest BCUT2D eigenvalue weighted by Gasteiger charge is 2.22. The van der Waals surface area contributed by atoms with Crippen molar-refractivity contribution < 1.29 is 19.1 Å². The Morgan fingerprint density at radius 2 is 2.05 bits per heavy atom. The lowest BCUT2D eigenvalue weighted by Gasteiger charge is -2.08. The predicted molar refractivity (Wildman–Crippen MR) is 74.4 cm³/mol. The Morgan fingerprint density at radius 3 is 2.75 bits per heavy atom. The maximum absolute atomic E-state index is 12.0. The van der Waals surface area contributed by atoms with Gasteiger partial charge in [0.25, 0.3) is 0 Å². The molecule has 0 saturated carbocycles. The number of hydrogen-bond acceptors (Lipinski definition) is 4. The van der Waals surface area contributed by atoms with E-state index >= 15 is 0 Å². The van der Waals surface area contributed by atoms with Crippen LogP contribution in [-0.4, -0.2) is 18.5 Å². The molecule has 0 unspecified atom stereocenters. The van der Waals surface area contributed by atoms with Gasteiger partial charge in [-0.2, -0.15) is 0 Å². The summed E-state index contributed by atoms with van der Waals surface area (Å²) >= 11 is 0. The minimum atomic E-state index is -0.666. The monoisotopic (exact) mass is 270 g/mol. The number of carbonyl (C=O) groups is 2. The summed E-state index contributed by atoms with van der Waals surface area (Å²) in [5.74, 6) is -1.31. The van der Waals surface area contributed by atoms with Crippen molar-refractivity contribution in [2.75, 3.05) is 6.61 Å². The van der Waals surface area contributed by atoms with Crippen LogP contribution in [0.3, 0.4) is 0 Å². The van der Waals surface area contributed by atoms with Gasteiger partial charge < -0.3 is 9.47 Å². The third kappa shape index (κ3) is 3.23. The van der Waals surface area contributed by atoms with Crippen molar-refractivity contribution in [1.29, 1.82) is 0 Å². The van der Waals surface area contributed by atoms with Gasteiger partial charge in [0, 0.05) is 0 Å². The zero-order chi connectivity index (χ0) is 14.4. The number of esters is 2. The second-order valence-electron chi connectivity index (χ2n) is 4.06. The van der Waals surface area contributed by atoms with Gasteiger partial charge in [0.2, 0.25) is 5.76 Å². The number of cyclic esters (lactones) is 1. The van der Waals surface area contributed by atoms with E-state index in [0.717, 1.165) is 5.56 Å². The summed E-state index contributed by atoms with van der Waals surface area (Å²) in [6, 6.07) is 9.16. The molecule has 1 aromatic carbocycles. The van der Waals surface area contributed by atoms with Crippen LogP contribution in [0, 0.1) is 0 Å². The molecule has 0 aliphatic carbocycles. The van der Waals surface area contributed by atoms with Gasteiger partial charge in [-0.1, -0.05) is 49.1 Å². The van der Waals surface area contributed by atoms with Crippen molar-refractivity contribution in [3.8, 4) is 0 Å². The molecule has 0 radical (unpaired) electrons. The van der Waals surface area contributed by atoms with E-state index in [4.69, 9.17) is 9.47 Å². The van der Waals surface area contributed by atoms with Crippen LogP contribution in [0.2, 0.25) is 0 Å². The molecular formula is C16H14O4. The number of carbonyl (C=O) groups excluding carboxylic acids is 2. The van der Waals surface area contributed by atoms with E-state index in [0.29, 0.717) is 12.0 Å². The molecule has 20 heavy (non-hydrogen) atoms. The maximum Gasteiger partial charge on any atom is 0.374 e. The van der Waals surface area contributed by atoms with Gasteiger partial charge in [0.15, 0.2) is 0 Å².